The lowest BCUT2D eigenvalue weighted by Gasteiger charge is -2.32. The first-order chi connectivity index (χ1) is 8.82. The van der Waals surface area contributed by atoms with Gasteiger partial charge in [0.2, 0.25) is 0 Å². The van der Waals surface area contributed by atoms with Gasteiger partial charge >= 0.3 is 0 Å². The van der Waals surface area contributed by atoms with Crippen molar-refractivity contribution in [2.24, 2.45) is 12.5 Å². The number of aryl methyl sites for hydroxylation is 2. The van der Waals surface area contributed by atoms with E-state index in [1.54, 1.807) is 0 Å². The lowest BCUT2D eigenvalue weighted by atomic mass is 9.75. The maximum Gasteiger partial charge on any atom is 0.0853 e. The summed E-state index contributed by atoms with van der Waals surface area (Å²) in [6.45, 7) is 6.46. The standard InChI is InChI=1S/C15H23ClN2O/c1-5-12-14(16)13(18(4)17-12)7-10-6-11(19)9-15(2,3)8-10/h6,11,19H,5,7-9H2,1-4H3. The van der Waals surface area contributed by atoms with Gasteiger partial charge in [0.1, 0.15) is 0 Å². The quantitative estimate of drug-likeness (QED) is 0.864. The monoisotopic (exact) mass is 282 g/mol. The summed E-state index contributed by atoms with van der Waals surface area (Å²) in [4.78, 5) is 0. The summed E-state index contributed by atoms with van der Waals surface area (Å²) in [5.41, 5.74) is 3.42. The van der Waals surface area contributed by atoms with Crippen LogP contribution >= 0.6 is 11.6 Å². The van der Waals surface area contributed by atoms with Gasteiger partial charge in [-0.2, -0.15) is 5.10 Å². The zero-order chi connectivity index (χ0) is 14.2. The van der Waals surface area contributed by atoms with Crippen molar-refractivity contribution in [2.45, 2.75) is 52.6 Å². The van der Waals surface area contributed by atoms with Crippen molar-refractivity contribution < 1.29 is 5.11 Å². The molecule has 0 amide bonds. The van der Waals surface area contributed by atoms with Crippen LogP contribution in [0.15, 0.2) is 11.6 Å². The third-order valence-electron chi connectivity index (χ3n) is 3.79. The number of allylic oxidation sites excluding steroid dienone is 1. The summed E-state index contributed by atoms with van der Waals surface area (Å²) in [7, 11) is 1.94. The minimum absolute atomic E-state index is 0.155. The van der Waals surface area contributed by atoms with Crippen molar-refractivity contribution in [1.82, 2.24) is 9.78 Å². The fourth-order valence-electron chi connectivity index (χ4n) is 2.99. The first-order valence-electron chi connectivity index (χ1n) is 6.90. The minimum Gasteiger partial charge on any atom is -0.389 e. The smallest absolute Gasteiger partial charge is 0.0853 e. The van der Waals surface area contributed by atoms with Crippen LogP contribution in [0.25, 0.3) is 0 Å². The third-order valence-corrected chi connectivity index (χ3v) is 4.23. The fraction of sp³-hybridized carbons (Fsp3) is 0.667. The van der Waals surface area contributed by atoms with E-state index in [1.165, 1.54) is 5.57 Å². The minimum atomic E-state index is -0.337. The van der Waals surface area contributed by atoms with E-state index in [4.69, 9.17) is 11.6 Å². The number of hydrogen-bond donors (Lipinski definition) is 1. The Morgan fingerprint density at radius 3 is 2.74 bits per heavy atom. The van der Waals surface area contributed by atoms with Gasteiger partial charge in [-0.1, -0.05) is 44.0 Å². The van der Waals surface area contributed by atoms with Gasteiger partial charge in [0.25, 0.3) is 0 Å². The molecular weight excluding hydrogens is 260 g/mol. The van der Waals surface area contributed by atoms with Gasteiger partial charge in [-0.15, -0.1) is 0 Å². The first kappa shape index (κ1) is 14.6. The Kier molecular flexibility index (Phi) is 4.07. The molecule has 0 aliphatic heterocycles. The highest BCUT2D eigenvalue weighted by Crippen LogP contribution is 2.37. The molecule has 106 valence electrons. The predicted molar refractivity (Wildman–Crippen MR) is 78.4 cm³/mol. The molecule has 3 nitrogen and oxygen atoms in total. The maximum absolute atomic E-state index is 9.95. The van der Waals surface area contributed by atoms with Gasteiger partial charge < -0.3 is 5.11 Å². The number of aliphatic hydroxyl groups excluding tert-OH is 1. The van der Waals surface area contributed by atoms with Gasteiger partial charge in [-0.3, -0.25) is 4.68 Å². The second-order valence-electron chi connectivity index (χ2n) is 6.30. The van der Waals surface area contributed by atoms with Crippen molar-refractivity contribution >= 4 is 11.6 Å². The van der Waals surface area contributed by atoms with Gasteiger partial charge in [0, 0.05) is 13.5 Å². The number of halogens is 1. The molecule has 0 bridgehead atoms. The molecule has 1 aromatic heterocycles. The molecular formula is C15H23ClN2O. The summed E-state index contributed by atoms with van der Waals surface area (Å²) in [6, 6.07) is 0. The number of nitrogens with zero attached hydrogens (tertiary/aromatic N) is 2. The lowest BCUT2D eigenvalue weighted by Crippen LogP contribution is -2.25. The number of aromatic nitrogens is 2. The average molecular weight is 283 g/mol. The Hall–Kier alpha value is -0.800. The van der Waals surface area contributed by atoms with E-state index in [9.17, 15) is 5.11 Å². The summed E-state index contributed by atoms with van der Waals surface area (Å²) in [6.07, 6.45) is 5.11. The van der Waals surface area contributed by atoms with E-state index in [-0.39, 0.29) is 11.5 Å². The molecule has 1 N–H and O–H groups in total. The van der Waals surface area contributed by atoms with Crippen LogP contribution in [-0.4, -0.2) is 21.0 Å². The molecule has 2 rings (SSSR count). The highest BCUT2D eigenvalue weighted by Gasteiger charge is 2.28. The van der Waals surface area contributed by atoms with Crippen LogP contribution in [0.5, 0.6) is 0 Å². The topological polar surface area (TPSA) is 38.0 Å². The van der Waals surface area contributed by atoms with E-state index >= 15 is 0 Å². The zero-order valence-electron chi connectivity index (χ0n) is 12.2. The highest BCUT2D eigenvalue weighted by molar-refractivity contribution is 6.31. The Morgan fingerprint density at radius 2 is 2.21 bits per heavy atom. The Labute approximate surface area is 120 Å². The molecule has 0 spiro atoms. The molecule has 1 atom stereocenters. The third kappa shape index (κ3) is 3.21. The second-order valence-corrected chi connectivity index (χ2v) is 6.68. The van der Waals surface area contributed by atoms with Gasteiger partial charge in [-0.05, 0) is 24.7 Å². The molecule has 1 unspecified atom stereocenters. The van der Waals surface area contributed by atoms with Crippen molar-refractivity contribution in [1.29, 1.82) is 0 Å². The van der Waals surface area contributed by atoms with Crippen molar-refractivity contribution in [2.75, 3.05) is 0 Å². The molecule has 0 saturated carbocycles. The Balaban J connectivity index is 2.24. The molecule has 1 aliphatic carbocycles. The molecule has 0 aromatic carbocycles. The van der Waals surface area contributed by atoms with Gasteiger partial charge in [0.05, 0.1) is 22.5 Å². The van der Waals surface area contributed by atoms with Gasteiger partial charge in [0.15, 0.2) is 0 Å². The highest BCUT2D eigenvalue weighted by atomic mass is 35.5. The van der Waals surface area contributed by atoms with Crippen LogP contribution in [0.2, 0.25) is 5.02 Å². The number of rotatable bonds is 3. The van der Waals surface area contributed by atoms with Crippen LogP contribution < -0.4 is 0 Å². The van der Waals surface area contributed by atoms with Crippen molar-refractivity contribution in [3.8, 4) is 0 Å². The Morgan fingerprint density at radius 1 is 1.53 bits per heavy atom. The van der Waals surface area contributed by atoms with E-state index in [1.807, 2.05) is 17.8 Å². The summed E-state index contributed by atoms with van der Waals surface area (Å²) >= 11 is 6.38. The molecule has 1 aromatic rings. The van der Waals surface area contributed by atoms with E-state index in [0.717, 1.165) is 42.1 Å². The summed E-state index contributed by atoms with van der Waals surface area (Å²) < 4.78 is 1.87. The van der Waals surface area contributed by atoms with Crippen LogP contribution in [0.1, 0.15) is 45.0 Å². The normalized spacial score (nSPS) is 22.4. The van der Waals surface area contributed by atoms with Crippen molar-refractivity contribution in [3.63, 3.8) is 0 Å². The molecule has 1 aliphatic rings. The first-order valence-corrected chi connectivity index (χ1v) is 7.28. The summed E-state index contributed by atoms with van der Waals surface area (Å²) in [5.74, 6) is 0. The summed E-state index contributed by atoms with van der Waals surface area (Å²) in [5, 5.41) is 15.2. The zero-order valence-corrected chi connectivity index (χ0v) is 13.0. The Bertz CT molecular complexity index is 502. The average Bonchev–Trinajstić information content (AvgIpc) is 2.53. The molecule has 0 fully saturated rings. The van der Waals surface area contributed by atoms with Gasteiger partial charge in [-0.25, -0.2) is 0 Å². The van der Waals surface area contributed by atoms with Crippen LogP contribution in [0, 0.1) is 5.41 Å². The molecule has 4 heteroatoms. The number of aliphatic hydroxyl groups is 1. The number of hydrogen-bond acceptors (Lipinski definition) is 2. The molecule has 19 heavy (non-hydrogen) atoms. The van der Waals surface area contributed by atoms with E-state index in [0.29, 0.717) is 0 Å². The maximum atomic E-state index is 9.95. The van der Waals surface area contributed by atoms with Crippen LogP contribution in [0.4, 0.5) is 0 Å². The van der Waals surface area contributed by atoms with E-state index < -0.39 is 0 Å². The molecule has 1 heterocycles. The van der Waals surface area contributed by atoms with E-state index in [2.05, 4.69) is 25.9 Å². The predicted octanol–water partition coefficient (Wildman–Crippen LogP) is 3.29. The van der Waals surface area contributed by atoms with Crippen LogP contribution in [0.3, 0.4) is 0 Å². The second kappa shape index (κ2) is 5.29. The lowest BCUT2D eigenvalue weighted by molar-refractivity contribution is 0.138. The fourth-order valence-corrected chi connectivity index (χ4v) is 3.35. The molecule has 0 radical (unpaired) electrons. The van der Waals surface area contributed by atoms with Crippen molar-refractivity contribution in [3.05, 3.63) is 28.1 Å². The largest absolute Gasteiger partial charge is 0.389 e. The molecule has 0 saturated heterocycles. The van der Waals surface area contributed by atoms with Crippen LogP contribution in [-0.2, 0) is 19.9 Å². The SMILES string of the molecule is CCc1nn(C)c(CC2=CC(O)CC(C)(C)C2)c1Cl.